The zero-order valence-corrected chi connectivity index (χ0v) is 21.1. The lowest BCUT2D eigenvalue weighted by atomic mass is 10.0. The van der Waals surface area contributed by atoms with E-state index in [0.29, 0.717) is 25.4 Å². The molecule has 4 rings (SSSR count). The van der Waals surface area contributed by atoms with Crippen LogP contribution in [0.4, 0.5) is 5.82 Å². The third-order valence-electron chi connectivity index (χ3n) is 7.16. The van der Waals surface area contributed by atoms with Crippen LogP contribution >= 0.6 is 0 Å². The minimum atomic E-state index is -0.844. The normalized spacial score (nSPS) is 18.6. The van der Waals surface area contributed by atoms with E-state index >= 15 is 0 Å². The number of carbonyl (C=O) groups is 1. The van der Waals surface area contributed by atoms with Gasteiger partial charge in [-0.25, -0.2) is 4.98 Å². The van der Waals surface area contributed by atoms with Crippen LogP contribution in [0.15, 0.2) is 30.3 Å². The monoisotopic (exact) mass is 481 g/mol. The zero-order valence-electron chi connectivity index (χ0n) is 21.1. The smallest absolute Gasteiger partial charge is 0.325 e. The number of benzene rings is 1. The van der Waals surface area contributed by atoms with Crippen LogP contribution in [0.5, 0.6) is 5.75 Å². The molecule has 3 heterocycles. The highest BCUT2D eigenvalue weighted by Gasteiger charge is 2.35. The van der Waals surface area contributed by atoms with Gasteiger partial charge < -0.3 is 19.9 Å². The van der Waals surface area contributed by atoms with Crippen LogP contribution in [0.3, 0.4) is 0 Å². The number of nitrogens with one attached hydrogen (secondary N) is 1. The Balaban J connectivity index is 1.21. The van der Waals surface area contributed by atoms with E-state index in [1.54, 1.807) is 7.11 Å². The number of hydrogen-bond acceptors (Lipinski definition) is 6. The van der Waals surface area contributed by atoms with Crippen molar-refractivity contribution in [3.63, 3.8) is 0 Å². The fraction of sp³-hybridized carbons (Fsp3) is 0.571. The third-order valence-corrected chi connectivity index (χ3v) is 7.16. The van der Waals surface area contributed by atoms with Crippen LogP contribution in [0.1, 0.15) is 67.5 Å². The molecule has 0 amide bonds. The summed E-state index contributed by atoms with van der Waals surface area (Å²) in [5, 5.41) is 13.4. The molecule has 7 heteroatoms. The van der Waals surface area contributed by atoms with E-state index in [1.807, 2.05) is 23.1 Å². The van der Waals surface area contributed by atoms with E-state index in [2.05, 4.69) is 24.4 Å². The Morgan fingerprint density at radius 3 is 2.94 bits per heavy atom. The fourth-order valence-corrected chi connectivity index (χ4v) is 5.17. The number of aromatic nitrogens is 1. The topological polar surface area (TPSA) is 83.9 Å². The van der Waals surface area contributed by atoms with E-state index in [-0.39, 0.29) is 6.10 Å². The number of methoxy groups -OCH3 is 1. The standard InChI is InChI=1S/C28H39N3O4/c1-3-20-10-13-25(34-2)24(18-20)26(28(32)33)31-16-14-23(19-31)35-17-6-4-5-9-22-12-11-21-8-7-15-29-27(21)30-22/h10-13,18,23,26H,3-9,14-17,19H2,1-2H3,(H,29,30)(H,32,33)/t23-,26-/m1/s1. The fourth-order valence-electron chi connectivity index (χ4n) is 5.17. The Labute approximate surface area is 208 Å². The number of pyridine rings is 1. The molecule has 1 fully saturated rings. The second-order valence-electron chi connectivity index (χ2n) is 9.60. The second kappa shape index (κ2) is 12.4. The van der Waals surface area contributed by atoms with Crippen molar-refractivity contribution in [1.29, 1.82) is 0 Å². The van der Waals surface area contributed by atoms with Gasteiger partial charge in [0, 0.05) is 37.5 Å². The summed E-state index contributed by atoms with van der Waals surface area (Å²) in [7, 11) is 1.60. The highest BCUT2D eigenvalue weighted by Crippen LogP contribution is 2.33. The largest absolute Gasteiger partial charge is 0.496 e. The molecule has 0 saturated carbocycles. The van der Waals surface area contributed by atoms with Gasteiger partial charge >= 0.3 is 5.97 Å². The van der Waals surface area contributed by atoms with Crippen molar-refractivity contribution in [2.75, 3.05) is 38.7 Å². The van der Waals surface area contributed by atoms with Gasteiger partial charge in [0.2, 0.25) is 0 Å². The van der Waals surface area contributed by atoms with Crippen LogP contribution < -0.4 is 10.1 Å². The maximum atomic E-state index is 12.2. The van der Waals surface area contributed by atoms with Gasteiger partial charge in [-0.1, -0.05) is 25.5 Å². The first-order chi connectivity index (χ1) is 17.1. The molecule has 0 radical (unpaired) electrons. The Bertz CT molecular complexity index is 996. The minimum Gasteiger partial charge on any atom is -0.496 e. The van der Waals surface area contributed by atoms with Crippen molar-refractivity contribution < 1.29 is 19.4 Å². The molecule has 2 atom stereocenters. The van der Waals surface area contributed by atoms with Gasteiger partial charge in [0.25, 0.3) is 0 Å². The summed E-state index contributed by atoms with van der Waals surface area (Å²) in [6, 6.07) is 9.51. The molecule has 0 spiro atoms. The first-order valence-electron chi connectivity index (χ1n) is 13.1. The van der Waals surface area contributed by atoms with Crippen molar-refractivity contribution in [2.24, 2.45) is 0 Å². The summed E-state index contributed by atoms with van der Waals surface area (Å²) < 4.78 is 11.6. The van der Waals surface area contributed by atoms with Crippen molar-refractivity contribution in [3.8, 4) is 5.75 Å². The van der Waals surface area contributed by atoms with Crippen molar-refractivity contribution in [3.05, 3.63) is 52.7 Å². The summed E-state index contributed by atoms with van der Waals surface area (Å²) in [6.07, 6.45) is 8.29. The van der Waals surface area contributed by atoms with E-state index in [9.17, 15) is 9.90 Å². The number of fused-ring (bicyclic) bond motifs is 1. The van der Waals surface area contributed by atoms with Gasteiger partial charge in [0.05, 0.1) is 13.2 Å². The number of ether oxygens (including phenoxy) is 2. The molecule has 1 aromatic carbocycles. The number of hydrogen-bond donors (Lipinski definition) is 2. The Morgan fingerprint density at radius 1 is 1.26 bits per heavy atom. The zero-order chi connectivity index (χ0) is 24.6. The van der Waals surface area contributed by atoms with Crippen LogP contribution in [0.2, 0.25) is 0 Å². The average Bonchev–Trinajstić information content (AvgIpc) is 3.34. The Hall–Kier alpha value is -2.64. The minimum absolute atomic E-state index is 0.0746. The van der Waals surface area contributed by atoms with Crippen LogP contribution in [-0.2, 0) is 28.8 Å². The first-order valence-corrected chi connectivity index (χ1v) is 13.1. The van der Waals surface area contributed by atoms with E-state index in [4.69, 9.17) is 14.5 Å². The molecular weight excluding hydrogens is 442 g/mol. The van der Waals surface area contributed by atoms with Gasteiger partial charge in [-0.2, -0.15) is 0 Å². The van der Waals surface area contributed by atoms with Crippen molar-refractivity contribution in [1.82, 2.24) is 9.88 Å². The molecule has 1 aromatic heterocycles. The highest BCUT2D eigenvalue weighted by molar-refractivity contribution is 5.77. The van der Waals surface area contributed by atoms with Gasteiger partial charge in [-0.15, -0.1) is 0 Å². The third kappa shape index (κ3) is 6.53. The summed E-state index contributed by atoms with van der Waals surface area (Å²) in [4.78, 5) is 19.0. The number of anilines is 1. The molecule has 2 N–H and O–H groups in total. The predicted octanol–water partition coefficient (Wildman–Crippen LogP) is 4.64. The lowest BCUT2D eigenvalue weighted by Gasteiger charge is -2.26. The molecule has 35 heavy (non-hydrogen) atoms. The molecule has 1 saturated heterocycles. The molecule has 0 unspecified atom stereocenters. The lowest BCUT2D eigenvalue weighted by Crippen LogP contribution is -2.33. The van der Waals surface area contributed by atoms with Gasteiger partial charge in [-0.3, -0.25) is 9.69 Å². The number of carboxylic acids is 1. The maximum Gasteiger partial charge on any atom is 0.325 e. The Kier molecular flexibility index (Phi) is 8.99. The number of nitrogens with zero attached hydrogens (tertiary/aromatic N) is 2. The summed E-state index contributed by atoms with van der Waals surface area (Å²) in [5.41, 5.74) is 4.33. The van der Waals surface area contributed by atoms with Crippen molar-refractivity contribution >= 4 is 11.8 Å². The molecule has 2 aromatic rings. The second-order valence-corrected chi connectivity index (χ2v) is 9.60. The van der Waals surface area contributed by atoms with E-state index in [1.165, 1.54) is 12.0 Å². The summed E-state index contributed by atoms with van der Waals surface area (Å²) >= 11 is 0. The number of aliphatic carboxylic acids is 1. The Morgan fingerprint density at radius 2 is 2.14 bits per heavy atom. The van der Waals surface area contributed by atoms with Crippen LogP contribution in [0.25, 0.3) is 0 Å². The SMILES string of the molecule is CCc1ccc(OC)c([C@H](C(=O)O)N2CC[C@@H](OCCCCCc3ccc4c(n3)NCCC4)C2)c1. The van der Waals surface area contributed by atoms with E-state index in [0.717, 1.165) is 74.1 Å². The maximum absolute atomic E-state index is 12.2. The molecular formula is C28H39N3O4. The number of rotatable bonds is 12. The number of likely N-dealkylation sites (tertiary alicyclic amines) is 1. The molecule has 0 bridgehead atoms. The summed E-state index contributed by atoms with van der Waals surface area (Å²) in [6.45, 7) is 5.14. The van der Waals surface area contributed by atoms with Crippen molar-refractivity contribution in [2.45, 2.75) is 70.4 Å². The number of aryl methyl sites for hydroxylation is 3. The molecule has 2 aliphatic rings. The van der Waals surface area contributed by atoms with E-state index < -0.39 is 12.0 Å². The molecule has 7 nitrogen and oxygen atoms in total. The van der Waals surface area contributed by atoms with Gasteiger partial charge in [0.15, 0.2) is 0 Å². The average molecular weight is 482 g/mol. The molecule has 0 aliphatic carbocycles. The number of unbranched alkanes of at least 4 members (excludes halogenated alkanes) is 2. The lowest BCUT2D eigenvalue weighted by molar-refractivity contribution is -0.143. The van der Waals surface area contributed by atoms with Gasteiger partial charge in [-0.05, 0) is 74.3 Å². The quantitative estimate of drug-likeness (QED) is 0.427. The van der Waals surface area contributed by atoms with Gasteiger partial charge in [0.1, 0.15) is 17.6 Å². The predicted molar refractivity (Wildman–Crippen MR) is 137 cm³/mol. The number of carboxylic acid groups (broad SMARTS) is 1. The first kappa shape index (κ1) is 25.5. The summed E-state index contributed by atoms with van der Waals surface area (Å²) in [5.74, 6) is 0.855. The van der Waals surface area contributed by atoms with Crippen LogP contribution in [-0.4, -0.2) is 60.4 Å². The molecule has 2 aliphatic heterocycles. The highest BCUT2D eigenvalue weighted by atomic mass is 16.5. The molecule has 190 valence electrons. The van der Waals surface area contributed by atoms with Crippen LogP contribution in [0, 0.1) is 0 Å².